The first-order valence-corrected chi connectivity index (χ1v) is 10.3. The van der Waals surface area contributed by atoms with Crippen molar-refractivity contribution in [1.29, 1.82) is 0 Å². The smallest absolute Gasteiger partial charge is 0.138 e. The molecule has 0 radical (unpaired) electrons. The van der Waals surface area contributed by atoms with Gasteiger partial charge in [0.05, 0.1) is 24.3 Å². The van der Waals surface area contributed by atoms with Crippen molar-refractivity contribution in [3.63, 3.8) is 0 Å². The summed E-state index contributed by atoms with van der Waals surface area (Å²) in [7, 11) is 0. The Balaban J connectivity index is 1.56. The summed E-state index contributed by atoms with van der Waals surface area (Å²) in [5.74, 6) is 2.30. The van der Waals surface area contributed by atoms with Gasteiger partial charge in [-0.1, -0.05) is 28.1 Å². The van der Waals surface area contributed by atoms with E-state index >= 15 is 0 Å². The summed E-state index contributed by atoms with van der Waals surface area (Å²) in [6.45, 7) is 5.51. The van der Waals surface area contributed by atoms with Gasteiger partial charge in [0, 0.05) is 28.8 Å². The highest BCUT2D eigenvalue weighted by molar-refractivity contribution is 9.10. The SMILES string of the molecule is Cc1nc(NC(C)c2cccc(Br)c2)c2cc(NCCn3cccn3)ncc2n1. The number of anilines is 2. The molecule has 3 aromatic heterocycles. The molecule has 1 aromatic carbocycles. The van der Waals surface area contributed by atoms with Crippen LogP contribution >= 0.6 is 15.9 Å². The van der Waals surface area contributed by atoms with Gasteiger partial charge < -0.3 is 10.6 Å². The fourth-order valence-corrected chi connectivity index (χ4v) is 3.57. The Morgan fingerprint density at radius 1 is 1.17 bits per heavy atom. The van der Waals surface area contributed by atoms with E-state index in [9.17, 15) is 0 Å². The van der Waals surface area contributed by atoms with Gasteiger partial charge in [0.1, 0.15) is 17.5 Å². The Hall–Kier alpha value is -3.00. The highest BCUT2D eigenvalue weighted by atomic mass is 79.9. The lowest BCUT2D eigenvalue weighted by Crippen LogP contribution is -2.12. The molecule has 0 saturated carbocycles. The van der Waals surface area contributed by atoms with E-state index in [0.717, 1.165) is 40.1 Å². The first-order chi connectivity index (χ1) is 14.1. The lowest BCUT2D eigenvalue weighted by molar-refractivity contribution is 0.637. The number of benzene rings is 1. The summed E-state index contributed by atoms with van der Waals surface area (Å²) in [5.41, 5.74) is 1.99. The maximum Gasteiger partial charge on any atom is 0.138 e. The monoisotopic (exact) mass is 451 g/mol. The third-order valence-electron chi connectivity index (χ3n) is 4.60. The lowest BCUT2D eigenvalue weighted by atomic mass is 10.1. The fraction of sp³-hybridized carbons (Fsp3) is 0.238. The van der Waals surface area contributed by atoms with Crippen LogP contribution in [0.15, 0.2) is 59.5 Å². The molecule has 7 nitrogen and oxygen atoms in total. The van der Waals surface area contributed by atoms with Crippen molar-refractivity contribution >= 4 is 38.5 Å². The number of aromatic nitrogens is 5. The highest BCUT2D eigenvalue weighted by Gasteiger charge is 2.12. The molecule has 4 aromatic rings. The second-order valence-corrected chi connectivity index (χ2v) is 7.74. The average molecular weight is 452 g/mol. The van der Waals surface area contributed by atoms with Gasteiger partial charge in [-0.05, 0) is 43.7 Å². The maximum atomic E-state index is 4.65. The van der Waals surface area contributed by atoms with E-state index in [2.05, 4.69) is 65.7 Å². The zero-order valence-corrected chi connectivity index (χ0v) is 17.9. The molecule has 29 heavy (non-hydrogen) atoms. The van der Waals surface area contributed by atoms with Gasteiger partial charge in [0.25, 0.3) is 0 Å². The Morgan fingerprint density at radius 2 is 2.07 bits per heavy atom. The second kappa shape index (κ2) is 8.57. The molecule has 3 heterocycles. The van der Waals surface area contributed by atoms with Crippen LogP contribution in [0.1, 0.15) is 24.4 Å². The van der Waals surface area contributed by atoms with Gasteiger partial charge >= 0.3 is 0 Å². The molecular formula is C21H22BrN7. The zero-order valence-electron chi connectivity index (χ0n) is 16.3. The van der Waals surface area contributed by atoms with Crippen molar-refractivity contribution in [2.24, 2.45) is 0 Å². The van der Waals surface area contributed by atoms with Gasteiger partial charge in [-0.15, -0.1) is 0 Å². The van der Waals surface area contributed by atoms with Crippen molar-refractivity contribution in [2.45, 2.75) is 26.4 Å². The second-order valence-electron chi connectivity index (χ2n) is 6.82. The van der Waals surface area contributed by atoms with Gasteiger partial charge in [-0.2, -0.15) is 5.10 Å². The van der Waals surface area contributed by atoms with Crippen LogP contribution in [0.2, 0.25) is 0 Å². The molecule has 2 N–H and O–H groups in total. The molecule has 4 rings (SSSR count). The van der Waals surface area contributed by atoms with Crippen LogP contribution in [0.5, 0.6) is 0 Å². The third kappa shape index (κ3) is 4.71. The summed E-state index contributed by atoms with van der Waals surface area (Å²) in [6.07, 6.45) is 5.50. The predicted molar refractivity (Wildman–Crippen MR) is 119 cm³/mol. The number of nitrogens with one attached hydrogen (secondary N) is 2. The van der Waals surface area contributed by atoms with Crippen LogP contribution in [0.4, 0.5) is 11.6 Å². The number of nitrogens with zero attached hydrogens (tertiary/aromatic N) is 5. The minimum atomic E-state index is 0.0920. The quantitative estimate of drug-likeness (QED) is 0.428. The van der Waals surface area contributed by atoms with Crippen LogP contribution in [0.25, 0.3) is 10.9 Å². The predicted octanol–water partition coefficient (Wildman–Crippen LogP) is 4.58. The number of pyridine rings is 1. The summed E-state index contributed by atoms with van der Waals surface area (Å²) < 4.78 is 2.94. The molecule has 0 aliphatic rings. The van der Waals surface area contributed by atoms with Gasteiger partial charge in [-0.3, -0.25) is 4.68 Å². The van der Waals surface area contributed by atoms with E-state index in [0.29, 0.717) is 5.82 Å². The number of rotatable bonds is 7. The summed E-state index contributed by atoms with van der Waals surface area (Å²) in [6, 6.07) is 12.3. The minimum Gasteiger partial charge on any atom is -0.368 e. The van der Waals surface area contributed by atoms with E-state index in [1.54, 1.807) is 12.4 Å². The van der Waals surface area contributed by atoms with Crippen molar-refractivity contribution in [3.05, 3.63) is 70.8 Å². The molecule has 0 bridgehead atoms. The van der Waals surface area contributed by atoms with Crippen molar-refractivity contribution in [3.8, 4) is 0 Å². The molecule has 0 aliphatic heterocycles. The third-order valence-corrected chi connectivity index (χ3v) is 5.10. The molecule has 0 saturated heterocycles. The van der Waals surface area contributed by atoms with Gasteiger partial charge in [0.2, 0.25) is 0 Å². The Bertz CT molecular complexity index is 1110. The molecule has 0 spiro atoms. The molecule has 0 fully saturated rings. The van der Waals surface area contributed by atoms with E-state index in [4.69, 9.17) is 0 Å². The average Bonchev–Trinajstić information content (AvgIpc) is 3.22. The maximum absolute atomic E-state index is 4.65. The van der Waals surface area contributed by atoms with E-state index in [1.165, 1.54) is 5.56 Å². The van der Waals surface area contributed by atoms with Crippen molar-refractivity contribution in [2.75, 3.05) is 17.2 Å². The van der Waals surface area contributed by atoms with Gasteiger partial charge in [-0.25, -0.2) is 15.0 Å². The number of hydrogen-bond acceptors (Lipinski definition) is 6. The molecule has 1 unspecified atom stereocenters. The van der Waals surface area contributed by atoms with Crippen molar-refractivity contribution < 1.29 is 0 Å². The number of aryl methyl sites for hydroxylation is 1. The Labute approximate surface area is 177 Å². The molecule has 148 valence electrons. The van der Waals surface area contributed by atoms with E-state index in [-0.39, 0.29) is 6.04 Å². The Morgan fingerprint density at radius 3 is 2.86 bits per heavy atom. The lowest BCUT2D eigenvalue weighted by Gasteiger charge is -2.17. The molecule has 0 amide bonds. The number of fused-ring (bicyclic) bond motifs is 1. The largest absolute Gasteiger partial charge is 0.368 e. The number of halogens is 1. The minimum absolute atomic E-state index is 0.0920. The van der Waals surface area contributed by atoms with Crippen LogP contribution in [-0.2, 0) is 6.54 Å². The summed E-state index contributed by atoms with van der Waals surface area (Å²) >= 11 is 3.54. The Kier molecular flexibility index (Phi) is 5.71. The normalized spacial score (nSPS) is 12.1. The fourth-order valence-electron chi connectivity index (χ4n) is 3.15. The van der Waals surface area contributed by atoms with Crippen LogP contribution < -0.4 is 10.6 Å². The first kappa shape index (κ1) is 19.3. The van der Waals surface area contributed by atoms with E-state index < -0.39 is 0 Å². The molecule has 0 aliphatic carbocycles. The van der Waals surface area contributed by atoms with Crippen LogP contribution in [0.3, 0.4) is 0 Å². The topological polar surface area (TPSA) is 80.5 Å². The van der Waals surface area contributed by atoms with Crippen LogP contribution in [-0.4, -0.2) is 31.3 Å². The molecule has 1 atom stereocenters. The summed E-state index contributed by atoms with van der Waals surface area (Å²) in [4.78, 5) is 13.7. The zero-order chi connectivity index (χ0) is 20.2. The number of hydrogen-bond donors (Lipinski definition) is 2. The van der Waals surface area contributed by atoms with Crippen LogP contribution in [0, 0.1) is 6.92 Å². The first-order valence-electron chi connectivity index (χ1n) is 9.46. The van der Waals surface area contributed by atoms with Gasteiger partial charge in [0.15, 0.2) is 0 Å². The summed E-state index contributed by atoms with van der Waals surface area (Å²) in [5, 5.41) is 12.0. The van der Waals surface area contributed by atoms with E-state index in [1.807, 2.05) is 42.1 Å². The highest BCUT2D eigenvalue weighted by Crippen LogP contribution is 2.27. The molecular weight excluding hydrogens is 430 g/mol. The molecule has 8 heteroatoms. The van der Waals surface area contributed by atoms with Crippen molar-refractivity contribution in [1.82, 2.24) is 24.7 Å². The standard InChI is InChI=1S/C21H22BrN7/c1-14(16-5-3-6-17(22)11-16)26-21-18-12-20(23-8-10-29-9-4-7-25-29)24-13-19(18)27-15(2)28-21/h3-7,9,11-14H,8,10H2,1-2H3,(H,23,24)(H,26,27,28).